The third-order valence-corrected chi connectivity index (χ3v) is 15.4. The van der Waals surface area contributed by atoms with E-state index in [1.807, 2.05) is 0 Å². The van der Waals surface area contributed by atoms with Gasteiger partial charge in [0.2, 0.25) is 0 Å². The van der Waals surface area contributed by atoms with E-state index in [4.69, 9.17) is 0 Å². The maximum Gasteiger partial charge on any atom is 0.0502 e. The number of para-hydroxylation sites is 4. The van der Waals surface area contributed by atoms with E-state index < -0.39 is 0 Å². The van der Waals surface area contributed by atoms with Crippen molar-refractivity contribution in [1.82, 2.24) is 0 Å². The molecule has 11 aromatic carbocycles. The van der Waals surface area contributed by atoms with Crippen LogP contribution in [0.5, 0.6) is 0 Å². The third kappa shape index (κ3) is 6.47. The minimum atomic E-state index is -0.167. The van der Waals surface area contributed by atoms with Crippen molar-refractivity contribution < 1.29 is 0 Å². The van der Waals surface area contributed by atoms with Crippen LogP contribution >= 0.6 is 0 Å². The fraction of sp³-hybridized carbons (Fsp3) is 0.0882. The summed E-state index contributed by atoms with van der Waals surface area (Å²) >= 11 is 0. The molecule has 334 valence electrons. The molecule has 2 heterocycles. The lowest BCUT2D eigenvalue weighted by atomic mass is 9.73. The normalized spacial score (nSPS) is 14.2. The molecule has 0 radical (unpaired) electrons. The largest absolute Gasteiger partial charge is 0.310 e. The molecule has 0 fully saturated rings. The first-order valence-corrected chi connectivity index (χ1v) is 24.6. The van der Waals surface area contributed by atoms with E-state index in [-0.39, 0.29) is 10.8 Å². The van der Waals surface area contributed by atoms with E-state index >= 15 is 0 Å². The molecular weight excluding hydrogens is 845 g/mol. The molecule has 2 heteroatoms. The van der Waals surface area contributed by atoms with Crippen LogP contribution in [0.2, 0.25) is 0 Å². The van der Waals surface area contributed by atoms with E-state index in [9.17, 15) is 0 Å². The summed E-state index contributed by atoms with van der Waals surface area (Å²) in [5.41, 5.74) is 21.6. The summed E-state index contributed by atoms with van der Waals surface area (Å²) in [5.74, 6) is 0. The Bertz CT molecular complexity index is 3490. The van der Waals surface area contributed by atoms with Crippen LogP contribution in [0.4, 0.5) is 34.1 Å². The number of hydrogen-bond acceptors (Lipinski definition) is 2. The predicted octanol–water partition coefficient (Wildman–Crippen LogP) is 18.9. The molecule has 0 unspecified atom stereocenters. The Kier molecular flexibility index (Phi) is 9.58. The number of hydrogen-bond donors (Lipinski definition) is 0. The molecule has 2 aliphatic heterocycles. The van der Waals surface area contributed by atoms with Crippen molar-refractivity contribution in [1.29, 1.82) is 0 Å². The standard InChI is InChI=1S/C68H52N2/c1-67(2)57-29-11-15-33-61(57)69(62-34-16-12-30-58(62)67)51-37-39-53-55(43-51)65(49-27-19-25-47(41-49)45-21-7-5-8-22-45)54-40-38-52(44-56(54)66(53)50-28-20-26-48(42-50)46-23-9-6-10-24-46)70-63-35-17-13-31-59(63)68(3,4)60-32-14-18-36-64(60)70/h5-44H,1-4H3. The highest BCUT2D eigenvalue weighted by molar-refractivity contribution is 6.23. The summed E-state index contributed by atoms with van der Waals surface area (Å²) in [7, 11) is 0. The van der Waals surface area contributed by atoms with E-state index in [1.54, 1.807) is 0 Å². The van der Waals surface area contributed by atoms with Gasteiger partial charge in [-0.25, -0.2) is 0 Å². The molecule has 11 aromatic rings. The maximum atomic E-state index is 2.50. The van der Waals surface area contributed by atoms with E-state index in [1.165, 1.54) is 111 Å². The summed E-state index contributed by atoms with van der Waals surface area (Å²) in [6.07, 6.45) is 0. The number of nitrogens with zero attached hydrogens (tertiary/aromatic N) is 2. The Labute approximate surface area is 411 Å². The van der Waals surface area contributed by atoms with Gasteiger partial charge < -0.3 is 9.80 Å². The van der Waals surface area contributed by atoms with Crippen LogP contribution in [0.15, 0.2) is 243 Å². The zero-order chi connectivity index (χ0) is 47.1. The van der Waals surface area contributed by atoms with Crippen LogP contribution in [0, 0.1) is 0 Å². The summed E-state index contributed by atoms with van der Waals surface area (Å²) in [6, 6.07) is 90.3. The Hall–Kier alpha value is -8.46. The van der Waals surface area contributed by atoms with Crippen LogP contribution in [0.25, 0.3) is 66.1 Å². The second kappa shape index (κ2) is 16.1. The lowest BCUT2D eigenvalue weighted by Crippen LogP contribution is -2.30. The molecule has 13 rings (SSSR count). The van der Waals surface area contributed by atoms with Gasteiger partial charge in [0.15, 0.2) is 0 Å². The molecule has 0 bridgehead atoms. The van der Waals surface area contributed by atoms with Crippen LogP contribution in [-0.2, 0) is 10.8 Å². The van der Waals surface area contributed by atoms with Gasteiger partial charge in [-0.1, -0.05) is 210 Å². The van der Waals surface area contributed by atoms with Crippen molar-refractivity contribution in [2.24, 2.45) is 0 Å². The zero-order valence-corrected chi connectivity index (χ0v) is 40.0. The van der Waals surface area contributed by atoms with Gasteiger partial charge in [0.1, 0.15) is 0 Å². The first-order chi connectivity index (χ1) is 34.3. The molecule has 0 aliphatic carbocycles. The van der Waals surface area contributed by atoms with Gasteiger partial charge in [0, 0.05) is 22.2 Å². The highest BCUT2D eigenvalue weighted by Crippen LogP contribution is 2.56. The second-order valence-corrected chi connectivity index (χ2v) is 20.1. The quantitative estimate of drug-likeness (QED) is 0.153. The van der Waals surface area contributed by atoms with Crippen LogP contribution in [0.1, 0.15) is 49.9 Å². The predicted molar refractivity (Wildman–Crippen MR) is 297 cm³/mol. The smallest absolute Gasteiger partial charge is 0.0502 e. The molecule has 70 heavy (non-hydrogen) atoms. The van der Waals surface area contributed by atoms with Crippen LogP contribution < -0.4 is 9.80 Å². The lowest BCUT2D eigenvalue weighted by molar-refractivity contribution is 0.632. The molecule has 2 nitrogen and oxygen atoms in total. The molecule has 0 N–H and O–H groups in total. The van der Waals surface area contributed by atoms with E-state index in [0.717, 1.165) is 11.4 Å². The molecule has 0 spiro atoms. The van der Waals surface area contributed by atoms with Gasteiger partial charge in [-0.15, -0.1) is 0 Å². The summed E-state index contributed by atoms with van der Waals surface area (Å²) in [6.45, 7) is 9.44. The Morgan fingerprint density at radius 2 is 0.543 bits per heavy atom. The average molecular weight is 897 g/mol. The SMILES string of the molecule is CC1(C)c2ccccc2N(c2ccc3c(-c4cccc(-c5ccccc5)c4)c4cc(N5c6ccccc6C(C)(C)c6ccccc65)ccc4c(-c4cccc(-c5ccccc5)c4)c3c2)c2ccccc21. The highest BCUT2D eigenvalue weighted by atomic mass is 15.2. The average Bonchev–Trinajstić information content (AvgIpc) is 3.41. The molecular formula is C68H52N2. The zero-order valence-electron chi connectivity index (χ0n) is 40.0. The third-order valence-electron chi connectivity index (χ3n) is 15.4. The number of benzene rings is 11. The van der Waals surface area contributed by atoms with Crippen molar-refractivity contribution in [3.63, 3.8) is 0 Å². The van der Waals surface area contributed by atoms with Crippen molar-refractivity contribution in [3.8, 4) is 44.5 Å². The second-order valence-electron chi connectivity index (χ2n) is 20.1. The number of rotatable bonds is 6. The topological polar surface area (TPSA) is 6.48 Å². The van der Waals surface area contributed by atoms with Crippen molar-refractivity contribution >= 4 is 55.7 Å². The Morgan fingerprint density at radius 1 is 0.243 bits per heavy atom. The van der Waals surface area contributed by atoms with Crippen molar-refractivity contribution in [3.05, 3.63) is 265 Å². The summed E-state index contributed by atoms with van der Waals surface area (Å²) in [5, 5.41) is 4.83. The summed E-state index contributed by atoms with van der Waals surface area (Å²) < 4.78 is 0. The summed E-state index contributed by atoms with van der Waals surface area (Å²) in [4.78, 5) is 4.99. The first-order valence-electron chi connectivity index (χ1n) is 24.6. The van der Waals surface area contributed by atoms with Gasteiger partial charge in [0.05, 0.1) is 22.7 Å². The monoisotopic (exact) mass is 896 g/mol. The van der Waals surface area contributed by atoms with Crippen molar-refractivity contribution in [2.45, 2.75) is 38.5 Å². The molecule has 0 aromatic heterocycles. The fourth-order valence-corrected chi connectivity index (χ4v) is 12.0. The lowest BCUT2D eigenvalue weighted by Gasteiger charge is -2.42. The van der Waals surface area contributed by atoms with E-state index in [2.05, 4.69) is 280 Å². The molecule has 0 saturated carbocycles. The molecule has 0 amide bonds. The number of anilines is 6. The van der Waals surface area contributed by atoms with Crippen LogP contribution in [-0.4, -0.2) is 0 Å². The van der Waals surface area contributed by atoms with Gasteiger partial charge in [0.25, 0.3) is 0 Å². The fourth-order valence-electron chi connectivity index (χ4n) is 12.0. The number of fused-ring (bicyclic) bond motifs is 6. The van der Waals surface area contributed by atoms with Gasteiger partial charge in [-0.3, -0.25) is 0 Å². The maximum absolute atomic E-state index is 2.50. The van der Waals surface area contributed by atoms with Crippen LogP contribution in [0.3, 0.4) is 0 Å². The highest BCUT2D eigenvalue weighted by Gasteiger charge is 2.38. The minimum Gasteiger partial charge on any atom is -0.310 e. The molecule has 0 atom stereocenters. The molecule has 2 aliphatic rings. The Balaban J connectivity index is 1.14. The first kappa shape index (κ1) is 41.7. The van der Waals surface area contributed by atoms with Gasteiger partial charge >= 0.3 is 0 Å². The van der Waals surface area contributed by atoms with Crippen molar-refractivity contribution in [2.75, 3.05) is 9.80 Å². The van der Waals surface area contributed by atoms with Gasteiger partial charge in [-0.05, 0) is 149 Å². The van der Waals surface area contributed by atoms with Gasteiger partial charge in [-0.2, -0.15) is 0 Å². The molecule has 0 saturated heterocycles. The van der Waals surface area contributed by atoms with E-state index in [0.29, 0.717) is 0 Å². The minimum absolute atomic E-state index is 0.167. The Morgan fingerprint density at radius 3 is 0.900 bits per heavy atom.